The van der Waals surface area contributed by atoms with Gasteiger partial charge in [-0.1, -0.05) is 17.7 Å². The number of fused-ring (bicyclic) bond motifs is 1. The first-order valence-corrected chi connectivity index (χ1v) is 8.74. The third-order valence-electron chi connectivity index (χ3n) is 3.28. The summed E-state index contributed by atoms with van der Waals surface area (Å²) in [6, 6.07) is 4.69. The van der Waals surface area contributed by atoms with Gasteiger partial charge in [-0.2, -0.15) is 5.10 Å². The highest BCUT2D eigenvalue weighted by atomic mass is 35.5. The first-order chi connectivity index (χ1) is 11.0. The van der Waals surface area contributed by atoms with Crippen molar-refractivity contribution in [3.8, 4) is 0 Å². The van der Waals surface area contributed by atoms with Gasteiger partial charge in [0, 0.05) is 19.3 Å². The highest BCUT2D eigenvalue weighted by Gasteiger charge is 2.19. The van der Waals surface area contributed by atoms with Crippen molar-refractivity contribution in [2.24, 2.45) is 0 Å². The number of nitrogens with zero attached hydrogens (tertiary/aromatic N) is 4. The van der Waals surface area contributed by atoms with Crippen molar-refractivity contribution in [2.75, 3.05) is 6.54 Å². The lowest BCUT2D eigenvalue weighted by molar-refractivity contribution is 0.315. The van der Waals surface area contributed by atoms with E-state index in [0.717, 1.165) is 5.69 Å². The molecule has 0 amide bonds. The fraction of sp³-hybridized carbons (Fsp3) is 0.308. The van der Waals surface area contributed by atoms with E-state index in [4.69, 9.17) is 11.6 Å². The molecule has 0 spiro atoms. The lowest BCUT2D eigenvalue weighted by Gasteiger charge is -2.06. The Kier molecular flexibility index (Phi) is 4.33. The van der Waals surface area contributed by atoms with E-state index in [9.17, 15) is 8.42 Å². The zero-order chi connectivity index (χ0) is 16.4. The molecule has 0 bridgehead atoms. The lowest BCUT2D eigenvalue weighted by Crippen LogP contribution is -2.26. The number of nitrogens with one attached hydrogen (secondary N) is 1. The second kappa shape index (κ2) is 6.26. The molecule has 2 aromatic heterocycles. The van der Waals surface area contributed by atoms with Crippen LogP contribution in [0.3, 0.4) is 0 Å². The molecule has 1 aromatic carbocycles. The predicted molar refractivity (Wildman–Crippen MR) is 83.6 cm³/mol. The summed E-state index contributed by atoms with van der Waals surface area (Å²) < 4.78 is 33.5. The minimum atomic E-state index is -3.68. The van der Waals surface area contributed by atoms with Crippen LogP contribution < -0.4 is 4.72 Å². The first kappa shape index (κ1) is 15.9. The molecule has 0 aliphatic carbocycles. The number of benzene rings is 1. The number of hydrogen-bond donors (Lipinski definition) is 1. The third kappa shape index (κ3) is 3.36. The molecule has 3 aromatic rings. The SMILES string of the molecule is Cc1nn(CCCNS(=O)(=O)c2cccc3nonc23)cc1Cl. The van der Waals surface area contributed by atoms with Gasteiger partial charge in [0.1, 0.15) is 10.4 Å². The van der Waals surface area contributed by atoms with Gasteiger partial charge in [0.25, 0.3) is 0 Å². The molecule has 1 N–H and O–H groups in total. The molecule has 3 rings (SSSR count). The predicted octanol–water partition coefficient (Wildman–Crippen LogP) is 1.75. The molecule has 10 heteroatoms. The minimum absolute atomic E-state index is 0.0502. The maximum absolute atomic E-state index is 12.3. The highest BCUT2D eigenvalue weighted by Crippen LogP contribution is 2.19. The number of rotatable bonds is 6. The lowest BCUT2D eigenvalue weighted by atomic mass is 10.3. The molecule has 23 heavy (non-hydrogen) atoms. The van der Waals surface area contributed by atoms with E-state index < -0.39 is 10.0 Å². The molecule has 0 fully saturated rings. The van der Waals surface area contributed by atoms with Crippen molar-refractivity contribution in [1.29, 1.82) is 0 Å². The van der Waals surface area contributed by atoms with Crippen molar-refractivity contribution >= 4 is 32.7 Å². The van der Waals surface area contributed by atoms with Crippen LogP contribution >= 0.6 is 11.6 Å². The molecule has 0 radical (unpaired) electrons. The van der Waals surface area contributed by atoms with Gasteiger partial charge in [-0.25, -0.2) is 17.8 Å². The normalized spacial score (nSPS) is 12.1. The van der Waals surface area contributed by atoms with Crippen LogP contribution in [0.2, 0.25) is 5.02 Å². The van der Waals surface area contributed by atoms with Crippen LogP contribution in [0.4, 0.5) is 0 Å². The molecule has 0 saturated heterocycles. The Morgan fingerprint density at radius 1 is 1.35 bits per heavy atom. The summed E-state index contributed by atoms with van der Waals surface area (Å²) in [4.78, 5) is 0.0502. The van der Waals surface area contributed by atoms with E-state index in [-0.39, 0.29) is 17.0 Å². The smallest absolute Gasteiger partial charge is 0.242 e. The Morgan fingerprint density at radius 2 is 2.17 bits per heavy atom. The van der Waals surface area contributed by atoms with Crippen molar-refractivity contribution in [3.63, 3.8) is 0 Å². The maximum Gasteiger partial charge on any atom is 0.242 e. The van der Waals surface area contributed by atoms with Crippen LogP contribution in [0, 0.1) is 6.92 Å². The second-order valence-corrected chi connectivity index (χ2v) is 7.11. The van der Waals surface area contributed by atoms with Crippen LogP contribution in [0.25, 0.3) is 11.0 Å². The largest absolute Gasteiger partial charge is 0.271 e. The van der Waals surface area contributed by atoms with Gasteiger partial charge in [-0.05, 0) is 35.8 Å². The monoisotopic (exact) mass is 355 g/mol. The zero-order valence-electron chi connectivity index (χ0n) is 12.2. The first-order valence-electron chi connectivity index (χ1n) is 6.88. The fourth-order valence-electron chi connectivity index (χ4n) is 2.13. The van der Waals surface area contributed by atoms with Gasteiger partial charge in [-0.15, -0.1) is 0 Å². The van der Waals surface area contributed by atoms with Gasteiger partial charge in [-0.3, -0.25) is 4.68 Å². The zero-order valence-corrected chi connectivity index (χ0v) is 13.8. The Morgan fingerprint density at radius 3 is 2.91 bits per heavy atom. The standard InChI is InChI=1S/C13H14ClN5O3S/c1-9-10(14)8-19(16-9)7-3-6-15-23(20,21)12-5-2-4-11-13(12)18-22-17-11/h2,4-5,8,15H,3,6-7H2,1H3. The number of hydrogen-bond acceptors (Lipinski definition) is 6. The van der Waals surface area contributed by atoms with E-state index in [2.05, 4.69) is 24.8 Å². The third-order valence-corrected chi connectivity index (χ3v) is 5.14. The van der Waals surface area contributed by atoms with Crippen LogP contribution in [-0.4, -0.2) is 35.1 Å². The molecule has 0 unspecified atom stereocenters. The number of aromatic nitrogens is 4. The van der Waals surface area contributed by atoms with E-state index in [0.29, 0.717) is 23.5 Å². The van der Waals surface area contributed by atoms with Gasteiger partial charge in [0.2, 0.25) is 10.0 Å². The molecular formula is C13H14ClN5O3S. The maximum atomic E-state index is 12.3. The summed E-state index contributed by atoms with van der Waals surface area (Å²) in [7, 11) is -3.68. The number of sulfonamides is 1. The summed E-state index contributed by atoms with van der Waals surface area (Å²) in [5.41, 5.74) is 1.36. The quantitative estimate of drug-likeness (QED) is 0.676. The summed E-state index contributed by atoms with van der Waals surface area (Å²) in [5.74, 6) is 0. The fourth-order valence-corrected chi connectivity index (χ4v) is 3.50. The van der Waals surface area contributed by atoms with Crippen molar-refractivity contribution in [3.05, 3.63) is 35.1 Å². The minimum Gasteiger partial charge on any atom is -0.271 e. The summed E-state index contributed by atoms with van der Waals surface area (Å²) >= 11 is 5.92. The van der Waals surface area contributed by atoms with E-state index in [1.807, 2.05) is 6.92 Å². The summed E-state index contributed by atoms with van der Waals surface area (Å²) in [6.45, 7) is 2.64. The summed E-state index contributed by atoms with van der Waals surface area (Å²) in [6.07, 6.45) is 2.29. The number of aryl methyl sites for hydroxylation is 2. The van der Waals surface area contributed by atoms with Crippen molar-refractivity contribution < 1.29 is 13.0 Å². The Hall–Kier alpha value is -1.97. The van der Waals surface area contributed by atoms with Crippen LogP contribution in [0.15, 0.2) is 33.9 Å². The number of halogens is 1. The van der Waals surface area contributed by atoms with E-state index >= 15 is 0 Å². The van der Waals surface area contributed by atoms with Crippen molar-refractivity contribution in [2.45, 2.75) is 24.8 Å². The Balaban J connectivity index is 1.64. The van der Waals surface area contributed by atoms with Gasteiger partial charge >= 0.3 is 0 Å². The second-order valence-electron chi connectivity index (χ2n) is 4.96. The Bertz CT molecular complexity index is 915. The topological polar surface area (TPSA) is 103 Å². The van der Waals surface area contributed by atoms with E-state index in [1.54, 1.807) is 23.0 Å². The summed E-state index contributed by atoms with van der Waals surface area (Å²) in [5, 5.41) is 12.1. The van der Waals surface area contributed by atoms with Gasteiger partial charge in [0.15, 0.2) is 5.52 Å². The highest BCUT2D eigenvalue weighted by molar-refractivity contribution is 7.89. The molecular weight excluding hydrogens is 342 g/mol. The van der Waals surface area contributed by atoms with Crippen molar-refractivity contribution in [1.82, 2.24) is 24.8 Å². The molecule has 0 aliphatic rings. The molecule has 0 atom stereocenters. The molecule has 2 heterocycles. The average molecular weight is 356 g/mol. The molecule has 0 saturated carbocycles. The van der Waals surface area contributed by atoms with Crippen LogP contribution in [0.5, 0.6) is 0 Å². The average Bonchev–Trinajstić information content (AvgIpc) is 3.10. The Labute approximate surface area is 137 Å². The molecule has 0 aliphatic heterocycles. The van der Waals surface area contributed by atoms with E-state index in [1.165, 1.54) is 6.07 Å². The molecule has 8 nitrogen and oxygen atoms in total. The molecule has 122 valence electrons. The van der Waals surface area contributed by atoms with Gasteiger partial charge in [0.05, 0.1) is 10.7 Å². The van der Waals surface area contributed by atoms with Gasteiger partial charge < -0.3 is 0 Å². The van der Waals surface area contributed by atoms with Crippen LogP contribution in [0.1, 0.15) is 12.1 Å². The van der Waals surface area contributed by atoms with Crippen LogP contribution in [-0.2, 0) is 16.6 Å².